The van der Waals surface area contributed by atoms with Crippen LogP contribution in [-0.2, 0) is 55.8 Å². The van der Waals surface area contributed by atoms with Crippen LogP contribution >= 0.6 is 15.6 Å². The molecule has 0 aromatic carbocycles. The SMILES string of the molecule is CC/C=C\C/C=C\C/C=C\C/C=C\C/C=C\C/C=C\CCCCCCCCCCC(=O)OCC(O)COP(=O)(O)OCC(O)COP(=O)(O)OCC(COC(=O)CCCCCCCCCCCCC/C=C\C/C=C\C/C=C\C/C=C\CCCCC)OC(=O)CCCCCCC/C=C\C/C=C\C/C=C\C/C=C\CCCCC. The quantitative estimate of drug-likeness (QED) is 0.0146. The van der Waals surface area contributed by atoms with Gasteiger partial charge in [-0.25, -0.2) is 9.13 Å². The van der Waals surface area contributed by atoms with Gasteiger partial charge in [-0.2, -0.15) is 0 Å². The average molecular weight is 1590 g/mol. The number of hydrogen-bond donors (Lipinski definition) is 4. The molecule has 0 aliphatic carbocycles. The first-order chi connectivity index (χ1) is 54.2. The molecular formula is C93H156O16P2. The first-order valence-electron chi connectivity index (χ1n) is 43.4. The van der Waals surface area contributed by atoms with Gasteiger partial charge in [0, 0.05) is 19.3 Å². The average Bonchev–Trinajstić information content (AvgIpc) is 0.889. The van der Waals surface area contributed by atoms with Crippen molar-refractivity contribution in [2.45, 2.75) is 360 Å². The summed E-state index contributed by atoms with van der Waals surface area (Å²) in [6.45, 7) is 2.49. The Morgan fingerprint density at radius 3 is 0.757 bits per heavy atom. The number of aliphatic hydroxyl groups excluding tert-OH is 2. The smallest absolute Gasteiger partial charge is 0.463 e. The minimum Gasteiger partial charge on any atom is -0.463 e. The van der Waals surface area contributed by atoms with E-state index in [0.29, 0.717) is 19.3 Å². The van der Waals surface area contributed by atoms with Crippen LogP contribution < -0.4 is 0 Å². The van der Waals surface area contributed by atoms with Gasteiger partial charge in [-0.15, -0.1) is 0 Å². The highest BCUT2D eigenvalue weighted by Crippen LogP contribution is 2.45. The summed E-state index contributed by atoms with van der Waals surface area (Å²) in [5.41, 5.74) is 0. The zero-order chi connectivity index (χ0) is 80.8. The molecular weight excluding hydrogens is 1430 g/mol. The summed E-state index contributed by atoms with van der Waals surface area (Å²) in [5.74, 6) is -1.61. The molecule has 0 amide bonds. The lowest BCUT2D eigenvalue weighted by molar-refractivity contribution is -0.161. The van der Waals surface area contributed by atoms with Crippen LogP contribution in [0.5, 0.6) is 0 Å². The van der Waals surface area contributed by atoms with Gasteiger partial charge in [-0.05, 0) is 161 Å². The number of phosphoric acid groups is 2. The number of ether oxygens (including phenoxy) is 3. The Morgan fingerprint density at radius 1 is 0.261 bits per heavy atom. The molecule has 111 heavy (non-hydrogen) atoms. The molecule has 0 aromatic rings. The molecule has 0 spiro atoms. The lowest BCUT2D eigenvalue weighted by atomic mass is 10.0. The number of phosphoric ester groups is 2. The number of hydrogen-bond acceptors (Lipinski definition) is 14. The summed E-state index contributed by atoms with van der Waals surface area (Å²) in [5, 5.41) is 20.7. The molecule has 0 saturated heterocycles. The lowest BCUT2D eigenvalue weighted by Crippen LogP contribution is -2.30. The largest absolute Gasteiger partial charge is 0.472 e. The maximum atomic E-state index is 13.0. The van der Waals surface area contributed by atoms with E-state index in [4.69, 9.17) is 32.3 Å². The van der Waals surface area contributed by atoms with Gasteiger partial charge < -0.3 is 34.2 Å². The van der Waals surface area contributed by atoms with E-state index < -0.39 is 91.5 Å². The summed E-state index contributed by atoms with van der Waals surface area (Å²) in [7, 11) is -9.82. The predicted octanol–water partition coefficient (Wildman–Crippen LogP) is 26.3. The van der Waals surface area contributed by atoms with Crippen LogP contribution in [0.3, 0.4) is 0 Å². The zero-order valence-electron chi connectivity index (χ0n) is 69.6. The standard InChI is InChI=1S/C93H156O16P2/c1-4-7-10-13-16-19-22-25-28-31-34-37-39-41-43-45-47-50-52-55-58-61-64-67-70-73-76-79-91(96)103-82-88(94)83-105-110(99,100)106-84-89(95)85-107-111(101,102)108-87-90(109-93(98)81-78-75-72-69-66-63-60-57-54-49-36-33-30-27-24-21-18-15-12-9-6-3)86-104-92(97)80-77-74-71-68-65-62-59-56-53-51-48-46-44-42-40-38-35-32-29-26-23-20-17-14-11-8-5-2/h7,10,16-21,25-30,34-38,41-44,47,49-50,57,60,88-90,94-95H,4-6,8-9,11-15,22-24,31-33,39-40,45-46,48,51-56,58-59,61-87H2,1-3H3,(H,99,100)(H,101,102)/b10-7-,19-16-,20-17-,21-18-,28-25-,29-26-,30-27-,37-34-,38-35-,43-41-,44-42-,49-36-,50-47-,60-57-. The molecule has 16 nitrogen and oxygen atoms in total. The van der Waals surface area contributed by atoms with Gasteiger partial charge in [0.05, 0.1) is 26.4 Å². The number of carbonyl (C=O) groups is 3. The van der Waals surface area contributed by atoms with Crippen LogP contribution in [0.1, 0.15) is 342 Å². The highest BCUT2D eigenvalue weighted by atomic mass is 31.2. The monoisotopic (exact) mass is 1590 g/mol. The second-order valence-corrected chi connectivity index (χ2v) is 31.5. The van der Waals surface area contributed by atoms with E-state index in [0.717, 1.165) is 180 Å². The second kappa shape index (κ2) is 84.3. The highest BCUT2D eigenvalue weighted by molar-refractivity contribution is 7.47. The third-order valence-corrected chi connectivity index (χ3v) is 19.8. The normalized spacial score (nSPS) is 14.7. The second-order valence-electron chi connectivity index (χ2n) is 28.6. The van der Waals surface area contributed by atoms with Crippen LogP contribution in [-0.4, -0.2) is 95.9 Å². The molecule has 0 heterocycles. The Labute approximate surface area is 675 Å². The molecule has 0 bridgehead atoms. The van der Waals surface area contributed by atoms with Crippen LogP contribution in [0.4, 0.5) is 0 Å². The van der Waals surface area contributed by atoms with Crippen molar-refractivity contribution in [3.05, 3.63) is 170 Å². The fraction of sp³-hybridized carbons (Fsp3) is 0.667. The van der Waals surface area contributed by atoms with E-state index in [-0.39, 0.29) is 19.3 Å². The van der Waals surface area contributed by atoms with Crippen molar-refractivity contribution < 1.29 is 75.8 Å². The molecule has 0 radical (unpaired) electrons. The summed E-state index contributed by atoms with van der Waals surface area (Å²) >= 11 is 0. The number of esters is 3. The number of carbonyl (C=O) groups excluding carboxylic acids is 3. The van der Waals surface area contributed by atoms with Crippen LogP contribution in [0.15, 0.2) is 170 Å². The fourth-order valence-corrected chi connectivity index (χ4v) is 12.9. The lowest BCUT2D eigenvalue weighted by Gasteiger charge is -2.21. The van der Waals surface area contributed by atoms with E-state index in [1.165, 1.54) is 103 Å². The van der Waals surface area contributed by atoms with Crippen molar-refractivity contribution in [2.24, 2.45) is 0 Å². The van der Waals surface area contributed by atoms with Crippen molar-refractivity contribution in [3.8, 4) is 0 Å². The molecule has 0 aliphatic rings. The molecule has 18 heteroatoms. The number of aliphatic hydroxyl groups is 2. The van der Waals surface area contributed by atoms with Crippen LogP contribution in [0.25, 0.3) is 0 Å². The van der Waals surface area contributed by atoms with Crippen molar-refractivity contribution >= 4 is 33.6 Å². The Hall–Kier alpha value is -5.09. The van der Waals surface area contributed by atoms with E-state index in [1.807, 2.05) is 0 Å². The molecule has 0 aromatic heterocycles. The molecule has 0 rings (SSSR count). The number of rotatable bonds is 81. The third-order valence-electron chi connectivity index (χ3n) is 17.9. The third kappa shape index (κ3) is 85.6. The molecule has 0 aliphatic heterocycles. The Kier molecular flexibility index (Phi) is 80.4. The van der Waals surface area contributed by atoms with Gasteiger partial charge >= 0.3 is 33.6 Å². The first kappa shape index (κ1) is 106. The van der Waals surface area contributed by atoms with Gasteiger partial charge in [-0.3, -0.25) is 32.5 Å². The van der Waals surface area contributed by atoms with Crippen molar-refractivity contribution in [1.29, 1.82) is 0 Å². The molecule has 0 fully saturated rings. The van der Waals surface area contributed by atoms with Gasteiger partial charge in [-0.1, -0.05) is 332 Å². The van der Waals surface area contributed by atoms with Gasteiger partial charge in [0.15, 0.2) is 6.10 Å². The summed E-state index contributed by atoms with van der Waals surface area (Å²) in [4.78, 5) is 58.9. The Morgan fingerprint density at radius 2 is 0.477 bits per heavy atom. The topological polar surface area (TPSA) is 231 Å². The van der Waals surface area contributed by atoms with Gasteiger partial charge in [0.1, 0.15) is 25.4 Å². The van der Waals surface area contributed by atoms with Crippen molar-refractivity contribution in [3.63, 3.8) is 0 Å². The summed E-state index contributed by atoms with van der Waals surface area (Å²) in [6.07, 6.45) is 108. The molecule has 5 atom stereocenters. The molecule has 4 N–H and O–H groups in total. The fourth-order valence-electron chi connectivity index (χ4n) is 11.3. The Balaban J connectivity index is 4.69. The minimum absolute atomic E-state index is 0.0780. The molecule has 5 unspecified atom stereocenters. The predicted molar refractivity (Wildman–Crippen MR) is 463 cm³/mol. The minimum atomic E-state index is -4.95. The maximum absolute atomic E-state index is 13.0. The van der Waals surface area contributed by atoms with Gasteiger partial charge in [0.2, 0.25) is 0 Å². The number of allylic oxidation sites excluding steroid dienone is 28. The highest BCUT2D eigenvalue weighted by Gasteiger charge is 2.29. The van der Waals surface area contributed by atoms with Crippen molar-refractivity contribution in [2.75, 3.05) is 39.6 Å². The van der Waals surface area contributed by atoms with Crippen LogP contribution in [0.2, 0.25) is 0 Å². The van der Waals surface area contributed by atoms with Gasteiger partial charge in [0.25, 0.3) is 0 Å². The number of unbranched alkanes of at least 4 members (excludes halogenated alkanes) is 30. The van der Waals surface area contributed by atoms with E-state index >= 15 is 0 Å². The zero-order valence-corrected chi connectivity index (χ0v) is 71.4. The summed E-state index contributed by atoms with van der Waals surface area (Å²) < 4.78 is 61.4. The first-order valence-corrected chi connectivity index (χ1v) is 46.4. The Bertz CT molecular complexity index is 2700. The summed E-state index contributed by atoms with van der Waals surface area (Å²) in [6, 6.07) is 0. The van der Waals surface area contributed by atoms with E-state index in [9.17, 15) is 43.5 Å². The van der Waals surface area contributed by atoms with Crippen LogP contribution in [0, 0.1) is 0 Å². The van der Waals surface area contributed by atoms with E-state index in [1.54, 1.807) is 0 Å². The van der Waals surface area contributed by atoms with Crippen molar-refractivity contribution in [1.82, 2.24) is 0 Å². The maximum Gasteiger partial charge on any atom is 0.472 e. The van der Waals surface area contributed by atoms with E-state index in [2.05, 4.69) is 191 Å². The molecule has 634 valence electrons. The molecule has 0 saturated carbocycles.